The zero-order chi connectivity index (χ0) is 22.0. The molecule has 2 aromatic carbocycles. The van der Waals surface area contributed by atoms with Crippen molar-refractivity contribution in [3.05, 3.63) is 71.6 Å². The first-order valence-corrected chi connectivity index (χ1v) is 9.89. The minimum atomic E-state index is -4.70. The van der Waals surface area contributed by atoms with Crippen LogP contribution in [-0.2, 0) is 6.18 Å². The van der Waals surface area contributed by atoms with Crippen molar-refractivity contribution in [3.63, 3.8) is 0 Å². The predicted octanol–water partition coefficient (Wildman–Crippen LogP) is 3.97. The highest BCUT2D eigenvalue weighted by atomic mass is 19.4. The van der Waals surface area contributed by atoms with Crippen LogP contribution in [0, 0.1) is 0 Å². The largest absolute Gasteiger partial charge is 0.471 e. The number of hydrogen-bond donors (Lipinski definition) is 1. The Morgan fingerprint density at radius 3 is 2.45 bits per heavy atom. The second kappa shape index (κ2) is 8.50. The van der Waals surface area contributed by atoms with E-state index in [1.165, 1.54) is 29.8 Å². The van der Waals surface area contributed by atoms with Gasteiger partial charge in [0, 0.05) is 42.7 Å². The van der Waals surface area contributed by atoms with Crippen molar-refractivity contribution in [2.24, 2.45) is 0 Å². The van der Waals surface area contributed by atoms with Crippen LogP contribution in [0.25, 0.3) is 11.4 Å². The third-order valence-electron chi connectivity index (χ3n) is 5.21. The molecule has 3 aromatic rings. The van der Waals surface area contributed by atoms with Crippen molar-refractivity contribution < 1.29 is 22.5 Å². The minimum absolute atomic E-state index is 0.0459. The molecule has 0 spiro atoms. The fourth-order valence-corrected chi connectivity index (χ4v) is 3.62. The Morgan fingerprint density at radius 2 is 1.84 bits per heavy atom. The number of halogens is 3. The number of carbonyl (C=O) groups is 1. The SMILES string of the molecule is CC(CN1CC(c2ccccc2)C1)NC(=O)c1ccc(-c2noc(C(F)(F)F)n2)cc1. The summed E-state index contributed by atoms with van der Waals surface area (Å²) in [5, 5.41) is 6.29. The number of likely N-dealkylation sites (tertiary alicyclic amines) is 1. The van der Waals surface area contributed by atoms with Crippen molar-refractivity contribution in [3.8, 4) is 11.4 Å². The molecule has 1 amide bonds. The van der Waals surface area contributed by atoms with Gasteiger partial charge in [0.1, 0.15) is 0 Å². The molecule has 0 saturated carbocycles. The van der Waals surface area contributed by atoms with Crippen LogP contribution in [-0.4, -0.2) is 46.6 Å². The van der Waals surface area contributed by atoms with Gasteiger partial charge in [-0.25, -0.2) is 0 Å². The molecule has 1 unspecified atom stereocenters. The predicted molar refractivity (Wildman–Crippen MR) is 107 cm³/mol. The molecular weight excluding hydrogens is 409 g/mol. The van der Waals surface area contributed by atoms with Crippen LogP contribution in [0.4, 0.5) is 13.2 Å². The molecule has 0 radical (unpaired) electrons. The normalized spacial score (nSPS) is 16.0. The van der Waals surface area contributed by atoms with Gasteiger partial charge in [0.15, 0.2) is 0 Å². The van der Waals surface area contributed by atoms with E-state index < -0.39 is 12.1 Å². The first-order valence-electron chi connectivity index (χ1n) is 9.89. The standard InChI is InChI=1S/C22H21F3N4O2/c1-14(11-29-12-18(13-29)15-5-3-2-4-6-15)26-20(30)17-9-7-16(8-10-17)19-27-21(31-28-19)22(23,24)25/h2-10,14,18H,11-13H2,1H3,(H,26,30). The van der Waals surface area contributed by atoms with Gasteiger partial charge in [-0.3, -0.25) is 9.69 Å². The molecule has 2 heterocycles. The third-order valence-corrected chi connectivity index (χ3v) is 5.21. The molecular formula is C22H21F3N4O2. The van der Waals surface area contributed by atoms with Gasteiger partial charge >= 0.3 is 12.1 Å². The van der Waals surface area contributed by atoms with E-state index in [1.807, 2.05) is 25.1 Å². The zero-order valence-corrected chi connectivity index (χ0v) is 16.8. The van der Waals surface area contributed by atoms with Crippen LogP contribution in [0.1, 0.15) is 34.7 Å². The molecule has 4 rings (SSSR count). The molecule has 1 aliphatic rings. The average molecular weight is 430 g/mol. The summed E-state index contributed by atoms with van der Waals surface area (Å²) in [4.78, 5) is 18.1. The van der Waals surface area contributed by atoms with Gasteiger partial charge in [-0.2, -0.15) is 18.2 Å². The van der Waals surface area contributed by atoms with E-state index in [2.05, 4.69) is 37.0 Å². The number of hydrogen-bond acceptors (Lipinski definition) is 5. The number of nitrogens with one attached hydrogen (secondary N) is 1. The van der Waals surface area contributed by atoms with Crippen molar-refractivity contribution >= 4 is 5.91 Å². The van der Waals surface area contributed by atoms with Gasteiger partial charge in [-0.1, -0.05) is 47.6 Å². The number of amides is 1. The smallest absolute Gasteiger partial charge is 0.348 e. The molecule has 162 valence electrons. The van der Waals surface area contributed by atoms with Crippen LogP contribution < -0.4 is 5.32 Å². The van der Waals surface area contributed by atoms with Crippen LogP contribution in [0.2, 0.25) is 0 Å². The third kappa shape index (κ3) is 4.93. The van der Waals surface area contributed by atoms with Crippen molar-refractivity contribution in [1.29, 1.82) is 0 Å². The molecule has 6 nitrogen and oxygen atoms in total. The Kier molecular flexibility index (Phi) is 5.77. The molecule has 31 heavy (non-hydrogen) atoms. The molecule has 1 saturated heterocycles. The summed E-state index contributed by atoms with van der Waals surface area (Å²) in [6, 6.07) is 16.3. The Balaban J connectivity index is 1.28. The van der Waals surface area contributed by atoms with Crippen LogP contribution in [0.15, 0.2) is 59.1 Å². The highest BCUT2D eigenvalue weighted by Crippen LogP contribution is 2.29. The highest BCUT2D eigenvalue weighted by molar-refractivity contribution is 5.94. The van der Waals surface area contributed by atoms with E-state index >= 15 is 0 Å². The lowest BCUT2D eigenvalue weighted by atomic mass is 9.91. The topological polar surface area (TPSA) is 71.3 Å². The molecule has 9 heteroatoms. The maximum absolute atomic E-state index is 12.6. The maximum Gasteiger partial charge on any atom is 0.471 e. The summed E-state index contributed by atoms with van der Waals surface area (Å²) < 4.78 is 42.0. The van der Waals surface area contributed by atoms with E-state index in [9.17, 15) is 18.0 Å². The minimum Gasteiger partial charge on any atom is -0.348 e. The van der Waals surface area contributed by atoms with Crippen LogP contribution >= 0.6 is 0 Å². The lowest BCUT2D eigenvalue weighted by molar-refractivity contribution is -0.159. The van der Waals surface area contributed by atoms with E-state index in [-0.39, 0.29) is 17.8 Å². The Morgan fingerprint density at radius 1 is 1.16 bits per heavy atom. The van der Waals surface area contributed by atoms with E-state index in [1.54, 1.807) is 0 Å². The molecule has 0 bridgehead atoms. The van der Waals surface area contributed by atoms with E-state index in [4.69, 9.17) is 0 Å². The molecule has 1 atom stereocenters. The van der Waals surface area contributed by atoms with Crippen LogP contribution in [0.3, 0.4) is 0 Å². The second-order valence-electron chi connectivity index (χ2n) is 7.70. The van der Waals surface area contributed by atoms with Gasteiger partial charge in [0.2, 0.25) is 5.82 Å². The Hall–Kier alpha value is -3.20. The first-order chi connectivity index (χ1) is 14.8. The molecule has 1 aromatic heterocycles. The summed E-state index contributed by atoms with van der Waals surface area (Å²) in [5.74, 6) is -1.31. The van der Waals surface area contributed by atoms with Gasteiger partial charge in [-0.15, -0.1) is 0 Å². The van der Waals surface area contributed by atoms with Crippen LogP contribution in [0.5, 0.6) is 0 Å². The Bertz CT molecular complexity index is 1030. The summed E-state index contributed by atoms with van der Waals surface area (Å²) >= 11 is 0. The van der Waals surface area contributed by atoms with Crippen molar-refractivity contribution in [1.82, 2.24) is 20.4 Å². The van der Waals surface area contributed by atoms with Gasteiger partial charge in [0.25, 0.3) is 5.91 Å². The lowest BCUT2D eigenvalue weighted by Crippen LogP contribution is -2.51. The number of aromatic nitrogens is 2. The van der Waals surface area contributed by atoms with E-state index in [0.29, 0.717) is 17.0 Å². The average Bonchev–Trinajstić information content (AvgIpc) is 3.22. The van der Waals surface area contributed by atoms with Gasteiger partial charge in [0.05, 0.1) is 0 Å². The molecule has 0 aliphatic carbocycles. The van der Waals surface area contributed by atoms with Crippen molar-refractivity contribution in [2.75, 3.05) is 19.6 Å². The quantitative estimate of drug-likeness (QED) is 0.641. The summed E-state index contributed by atoms with van der Waals surface area (Å²) in [6.07, 6.45) is -4.70. The summed E-state index contributed by atoms with van der Waals surface area (Å²) in [7, 11) is 0. The fourth-order valence-electron chi connectivity index (χ4n) is 3.62. The van der Waals surface area contributed by atoms with Crippen molar-refractivity contribution in [2.45, 2.75) is 25.1 Å². The summed E-state index contributed by atoms with van der Waals surface area (Å²) in [5.41, 5.74) is 2.07. The number of rotatable bonds is 6. The molecule has 1 fully saturated rings. The van der Waals surface area contributed by atoms with Gasteiger partial charge in [-0.05, 0) is 24.6 Å². The fraction of sp³-hybridized carbons (Fsp3) is 0.318. The Labute approximate surface area is 177 Å². The highest BCUT2D eigenvalue weighted by Gasteiger charge is 2.38. The number of carbonyl (C=O) groups excluding carboxylic acids is 1. The summed E-state index contributed by atoms with van der Waals surface area (Å²) in [6.45, 7) is 4.61. The first kappa shape index (κ1) is 21.0. The number of benzene rings is 2. The number of alkyl halides is 3. The maximum atomic E-state index is 12.6. The number of nitrogens with zero attached hydrogens (tertiary/aromatic N) is 3. The van der Waals surface area contributed by atoms with E-state index in [0.717, 1.165) is 19.6 Å². The molecule has 1 N–H and O–H groups in total. The molecule has 1 aliphatic heterocycles. The second-order valence-corrected chi connectivity index (χ2v) is 7.70. The monoisotopic (exact) mass is 430 g/mol. The van der Waals surface area contributed by atoms with Gasteiger partial charge < -0.3 is 9.84 Å². The zero-order valence-electron chi connectivity index (χ0n) is 16.8. The lowest BCUT2D eigenvalue weighted by Gasteiger charge is -2.41.